The van der Waals surface area contributed by atoms with E-state index in [1.54, 1.807) is 30.3 Å². The maximum absolute atomic E-state index is 12.8. The SMILES string of the molecule is Cc1ccccc1-c1noc([C@@H]2CN(S(=O)(=O)c3ccccc3)CCO2)n1. The average molecular weight is 385 g/mol. The van der Waals surface area contributed by atoms with Gasteiger partial charge in [0, 0.05) is 18.7 Å². The fraction of sp³-hybridized carbons (Fsp3) is 0.263. The molecule has 1 atom stereocenters. The van der Waals surface area contributed by atoms with Crippen molar-refractivity contribution in [2.45, 2.75) is 17.9 Å². The van der Waals surface area contributed by atoms with Crippen LogP contribution in [0.3, 0.4) is 0 Å². The van der Waals surface area contributed by atoms with E-state index in [-0.39, 0.29) is 30.5 Å². The van der Waals surface area contributed by atoms with E-state index in [2.05, 4.69) is 10.1 Å². The van der Waals surface area contributed by atoms with E-state index in [0.29, 0.717) is 5.82 Å². The highest BCUT2D eigenvalue weighted by atomic mass is 32.2. The summed E-state index contributed by atoms with van der Waals surface area (Å²) in [6, 6.07) is 16.1. The Kier molecular flexibility index (Phi) is 4.77. The first kappa shape index (κ1) is 17.8. The number of hydrogen-bond donors (Lipinski definition) is 0. The first-order valence-corrected chi connectivity index (χ1v) is 10.1. The molecule has 1 aliphatic rings. The van der Waals surface area contributed by atoms with Crippen LogP contribution in [0.2, 0.25) is 0 Å². The van der Waals surface area contributed by atoms with Crippen molar-refractivity contribution in [3.05, 3.63) is 66.1 Å². The number of nitrogens with zero attached hydrogens (tertiary/aromatic N) is 3. The van der Waals surface area contributed by atoms with E-state index < -0.39 is 16.1 Å². The summed E-state index contributed by atoms with van der Waals surface area (Å²) in [5, 5.41) is 4.03. The molecule has 7 nitrogen and oxygen atoms in total. The highest BCUT2D eigenvalue weighted by molar-refractivity contribution is 7.89. The largest absolute Gasteiger partial charge is 0.366 e. The fourth-order valence-corrected chi connectivity index (χ4v) is 4.48. The first-order valence-electron chi connectivity index (χ1n) is 8.62. The zero-order valence-electron chi connectivity index (χ0n) is 14.8. The molecule has 1 aromatic heterocycles. The van der Waals surface area contributed by atoms with Gasteiger partial charge in [-0.25, -0.2) is 8.42 Å². The van der Waals surface area contributed by atoms with E-state index in [0.717, 1.165) is 11.1 Å². The Morgan fingerprint density at radius 3 is 2.59 bits per heavy atom. The van der Waals surface area contributed by atoms with Crippen molar-refractivity contribution in [2.75, 3.05) is 19.7 Å². The van der Waals surface area contributed by atoms with E-state index in [1.807, 2.05) is 31.2 Å². The van der Waals surface area contributed by atoms with Crippen LogP contribution in [0.4, 0.5) is 0 Å². The zero-order valence-corrected chi connectivity index (χ0v) is 15.6. The van der Waals surface area contributed by atoms with Crippen LogP contribution in [0.15, 0.2) is 64.0 Å². The van der Waals surface area contributed by atoms with Crippen molar-refractivity contribution in [1.82, 2.24) is 14.4 Å². The lowest BCUT2D eigenvalue weighted by Gasteiger charge is -2.30. The molecule has 4 rings (SSSR count). The molecule has 27 heavy (non-hydrogen) atoms. The second-order valence-corrected chi connectivity index (χ2v) is 8.24. The van der Waals surface area contributed by atoms with Gasteiger partial charge in [0.15, 0.2) is 6.10 Å². The van der Waals surface area contributed by atoms with Gasteiger partial charge in [-0.15, -0.1) is 0 Å². The summed E-state index contributed by atoms with van der Waals surface area (Å²) in [6.07, 6.45) is -0.595. The third-order valence-electron chi connectivity index (χ3n) is 4.51. The van der Waals surface area contributed by atoms with Crippen LogP contribution in [-0.4, -0.2) is 42.6 Å². The van der Waals surface area contributed by atoms with Crippen molar-refractivity contribution in [1.29, 1.82) is 0 Å². The summed E-state index contributed by atoms with van der Waals surface area (Å²) in [4.78, 5) is 4.69. The molecule has 0 saturated carbocycles. The molecule has 0 aliphatic carbocycles. The van der Waals surface area contributed by atoms with Gasteiger partial charge in [-0.3, -0.25) is 0 Å². The monoisotopic (exact) mass is 385 g/mol. The van der Waals surface area contributed by atoms with Crippen LogP contribution < -0.4 is 0 Å². The number of sulfonamides is 1. The predicted molar refractivity (Wildman–Crippen MR) is 98.4 cm³/mol. The maximum atomic E-state index is 12.8. The summed E-state index contributed by atoms with van der Waals surface area (Å²) < 4.78 is 38.2. The van der Waals surface area contributed by atoms with Crippen molar-refractivity contribution < 1.29 is 17.7 Å². The highest BCUT2D eigenvalue weighted by Crippen LogP contribution is 2.28. The van der Waals surface area contributed by atoms with Crippen molar-refractivity contribution in [3.63, 3.8) is 0 Å². The molecule has 0 radical (unpaired) electrons. The number of rotatable bonds is 4. The minimum absolute atomic E-state index is 0.132. The molecular weight excluding hydrogens is 366 g/mol. The van der Waals surface area contributed by atoms with E-state index >= 15 is 0 Å². The number of aryl methyl sites for hydroxylation is 1. The third-order valence-corrected chi connectivity index (χ3v) is 6.39. The molecule has 0 unspecified atom stereocenters. The summed E-state index contributed by atoms with van der Waals surface area (Å²) in [5.74, 6) is 0.746. The van der Waals surface area contributed by atoms with Gasteiger partial charge < -0.3 is 9.26 Å². The zero-order chi connectivity index (χ0) is 18.9. The van der Waals surface area contributed by atoms with Gasteiger partial charge in [-0.05, 0) is 24.6 Å². The van der Waals surface area contributed by atoms with Crippen LogP contribution in [0.5, 0.6) is 0 Å². The lowest BCUT2D eigenvalue weighted by Crippen LogP contribution is -2.42. The molecule has 0 N–H and O–H groups in total. The molecular formula is C19H19N3O4S. The molecule has 1 fully saturated rings. The lowest BCUT2D eigenvalue weighted by atomic mass is 10.1. The Balaban J connectivity index is 1.57. The van der Waals surface area contributed by atoms with Crippen LogP contribution in [0.1, 0.15) is 17.6 Å². The minimum atomic E-state index is -3.59. The van der Waals surface area contributed by atoms with E-state index in [4.69, 9.17) is 9.26 Å². The summed E-state index contributed by atoms with van der Waals surface area (Å²) >= 11 is 0. The van der Waals surface area contributed by atoms with Crippen LogP contribution in [0.25, 0.3) is 11.4 Å². The van der Waals surface area contributed by atoms with Gasteiger partial charge in [-0.2, -0.15) is 9.29 Å². The second-order valence-electron chi connectivity index (χ2n) is 6.31. The molecule has 0 bridgehead atoms. The number of morpholine rings is 1. The first-order chi connectivity index (χ1) is 13.1. The third kappa shape index (κ3) is 3.51. The standard InChI is InChI=1S/C19H19N3O4S/c1-14-7-5-6-10-16(14)18-20-19(26-21-18)17-13-22(11-12-25-17)27(23,24)15-8-3-2-4-9-15/h2-10,17H,11-13H2,1H3/t17-/m0/s1. The summed E-state index contributed by atoms with van der Waals surface area (Å²) in [5.41, 5.74) is 1.90. The van der Waals surface area contributed by atoms with E-state index in [1.165, 1.54) is 4.31 Å². The highest BCUT2D eigenvalue weighted by Gasteiger charge is 2.34. The molecule has 0 spiro atoms. The fourth-order valence-electron chi connectivity index (χ4n) is 3.03. The second kappa shape index (κ2) is 7.22. The van der Waals surface area contributed by atoms with Gasteiger partial charge in [0.1, 0.15) is 0 Å². The quantitative estimate of drug-likeness (QED) is 0.686. The van der Waals surface area contributed by atoms with Crippen LogP contribution >= 0.6 is 0 Å². The van der Waals surface area contributed by atoms with E-state index in [9.17, 15) is 8.42 Å². The smallest absolute Gasteiger partial charge is 0.257 e. The number of aromatic nitrogens is 2. The Morgan fingerprint density at radius 2 is 1.81 bits per heavy atom. The Hall–Kier alpha value is -2.55. The molecule has 8 heteroatoms. The topological polar surface area (TPSA) is 85.5 Å². The van der Waals surface area contributed by atoms with Gasteiger partial charge in [-0.1, -0.05) is 47.6 Å². The average Bonchev–Trinajstić information content (AvgIpc) is 3.19. The lowest BCUT2D eigenvalue weighted by molar-refractivity contribution is -0.0199. The number of hydrogen-bond acceptors (Lipinski definition) is 6. The van der Waals surface area contributed by atoms with Crippen molar-refractivity contribution in [3.8, 4) is 11.4 Å². The summed E-state index contributed by atoms with van der Waals surface area (Å²) in [6.45, 7) is 2.65. The van der Waals surface area contributed by atoms with Gasteiger partial charge >= 0.3 is 0 Å². The molecule has 3 aromatic rings. The molecule has 1 saturated heterocycles. The Bertz CT molecular complexity index is 1030. The molecule has 1 aliphatic heterocycles. The molecule has 2 heterocycles. The Morgan fingerprint density at radius 1 is 1.07 bits per heavy atom. The number of benzene rings is 2. The Labute approximate surface area is 157 Å². The molecule has 0 amide bonds. The summed E-state index contributed by atoms with van der Waals surface area (Å²) in [7, 11) is -3.59. The maximum Gasteiger partial charge on any atom is 0.257 e. The van der Waals surface area contributed by atoms with Crippen LogP contribution in [-0.2, 0) is 14.8 Å². The van der Waals surface area contributed by atoms with Crippen LogP contribution in [0, 0.1) is 6.92 Å². The van der Waals surface area contributed by atoms with Gasteiger partial charge in [0.2, 0.25) is 15.8 Å². The minimum Gasteiger partial charge on any atom is -0.366 e. The molecule has 2 aromatic carbocycles. The van der Waals surface area contributed by atoms with Crippen molar-refractivity contribution in [2.24, 2.45) is 0 Å². The van der Waals surface area contributed by atoms with Gasteiger partial charge in [0.25, 0.3) is 5.89 Å². The van der Waals surface area contributed by atoms with Gasteiger partial charge in [0.05, 0.1) is 11.5 Å². The normalized spacial score (nSPS) is 18.5. The predicted octanol–water partition coefficient (Wildman–Crippen LogP) is 2.81. The van der Waals surface area contributed by atoms with Crippen molar-refractivity contribution >= 4 is 10.0 Å². The number of ether oxygens (including phenoxy) is 1. The molecule has 140 valence electrons.